The maximum absolute atomic E-state index is 14.3. The normalized spacial score (nSPS) is 10.5. The first-order valence-corrected chi connectivity index (χ1v) is 6.52. The fourth-order valence-corrected chi connectivity index (χ4v) is 2.15. The van der Waals surface area contributed by atoms with Gasteiger partial charge in [0.1, 0.15) is 11.5 Å². The van der Waals surface area contributed by atoms with Gasteiger partial charge in [0, 0.05) is 17.3 Å². The minimum absolute atomic E-state index is 0.296. The van der Waals surface area contributed by atoms with Crippen LogP contribution in [0.1, 0.15) is 5.56 Å². The van der Waals surface area contributed by atoms with E-state index in [9.17, 15) is 4.39 Å². The molecule has 98 valence electrons. The minimum atomic E-state index is -0.296. The highest BCUT2D eigenvalue weighted by Gasteiger charge is 2.08. The number of halogens is 1. The zero-order valence-electron chi connectivity index (χ0n) is 11.2. The van der Waals surface area contributed by atoms with Gasteiger partial charge in [0.2, 0.25) is 0 Å². The summed E-state index contributed by atoms with van der Waals surface area (Å²) < 4.78 is 14.3. The SMILES string of the molecule is Cc1ccc(-c2ncc(-c3ccccc3)cc2F)cc1. The molecule has 0 amide bonds. The topological polar surface area (TPSA) is 12.9 Å². The third-order valence-electron chi connectivity index (χ3n) is 3.27. The molecule has 2 heteroatoms. The molecular formula is C18H14FN. The summed E-state index contributed by atoms with van der Waals surface area (Å²) in [7, 11) is 0. The number of benzene rings is 2. The molecule has 0 bridgehead atoms. The second-order valence-corrected chi connectivity index (χ2v) is 4.79. The molecule has 0 N–H and O–H groups in total. The Morgan fingerprint density at radius 3 is 2.15 bits per heavy atom. The third-order valence-corrected chi connectivity index (χ3v) is 3.27. The number of nitrogens with zero attached hydrogens (tertiary/aromatic N) is 1. The summed E-state index contributed by atoms with van der Waals surface area (Å²) in [5.74, 6) is -0.296. The Kier molecular flexibility index (Phi) is 3.30. The summed E-state index contributed by atoms with van der Waals surface area (Å²) in [5.41, 5.74) is 4.10. The van der Waals surface area contributed by atoms with Gasteiger partial charge in [-0.15, -0.1) is 0 Å². The van der Waals surface area contributed by atoms with Crippen LogP contribution < -0.4 is 0 Å². The van der Waals surface area contributed by atoms with Crippen molar-refractivity contribution in [3.8, 4) is 22.4 Å². The summed E-state index contributed by atoms with van der Waals surface area (Å²) in [5, 5.41) is 0. The Bertz CT molecular complexity index is 718. The summed E-state index contributed by atoms with van der Waals surface area (Å²) in [6.07, 6.45) is 1.72. The van der Waals surface area contributed by atoms with Crippen LogP contribution in [0.5, 0.6) is 0 Å². The third kappa shape index (κ3) is 2.45. The summed E-state index contributed by atoms with van der Waals surface area (Å²) in [6.45, 7) is 2.01. The van der Waals surface area contributed by atoms with Crippen LogP contribution >= 0.6 is 0 Å². The van der Waals surface area contributed by atoms with Crippen LogP contribution in [-0.4, -0.2) is 4.98 Å². The van der Waals surface area contributed by atoms with Crippen molar-refractivity contribution >= 4 is 0 Å². The lowest BCUT2D eigenvalue weighted by Crippen LogP contribution is -1.91. The molecule has 0 aliphatic heterocycles. The van der Waals surface area contributed by atoms with Crippen LogP contribution in [0, 0.1) is 12.7 Å². The highest BCUT2D eigenvalue weighted by Crippen LogP contribution is 2.25. The van der Waals surface area contributed by atoms with Gasteiger partial charge in [0.25, 0.3) is 0 Å². The van der Waals surface area contributed by atoms with E-state index in [0.29, 0.717) is 5.69 Å². The molecule has 20 heavy (non-hydrogen) atoms. The van der Waals surface area contributed by atoms with Gasteiger partial charge >= 0.3 is 0 Å². The van der Waals surface area contributed by atoms with Gasteiger partial charge in [-0.3, -0.25) is 4.98 Å². The van der Waals surface area contributed by atoms with Crippen LogP contribution in [0.25, 0.3) is 22.4 Å². The molecule has 0 radical (unpaired) electrons. The first-order chi connectivity index (χ1) is 9.74. The fourth-order valence-electron chi connectivity index (χ4n) is 2.15. The van der Waals surface area contributed by atoms with Crippen LogP contribution in [0.15, 0.2) is 66.9 Å². The number of aromatic nitrogens is 1. The van der Waals surface area contributed by atoms with Crippen molar-refractivity contribution < 1.29 is 4.39 Å². The smallest absolute Gasteiger partial charge is 0.150 e. The average Bonchev–Trinajstić information content (AvgIpc) is 2.49. The molecule has 1 heterocycles. The molecule has 3 rings (SSSR count). The van der Waals surface area contributed by atoms with Gasteiger partial charge in [-0.25, -0.2) is 4.39 Å². The second-order valence-electron chi connectivity index (χ2n) is 4.79. The van der Waals surface area contributed by atoms with E-state index in [-0.39, 0.29) is 5.82 Å². The van der Waals surface area contributed by atoms with Crippen LogP contribution in [0.4, 0.5) is 4.39 Å². The molecule has 0 saturated carbocycles. The first kappa shape index (κ1) is 12.5. The Hall–Kier alpha value is -2.48. The maximum atomic E-state index is 14.3. The molecular weight excluding hydrogens is 249 g/mol. The molecule has 1 nitrogen and oxygen atoms in total. The van der Waals surface area contributed by atoms with Crippen LogP contribution in [0.3, 0.4) is 0 Å². The zero-order chi connectivity index (χ0) is 13.9. The van der Waals surface area contributed by atoms with Gasteiger partial charge in [-0.2, -0.15) is 0 Å². The zero-order valence-corrected chi connectivity index (χ0v) is 11.2. The predicted molar refractivity (Wildman–Crippen MR) is 79.8 cm³/mol. The van der Waals surface area contributed by atoms with Crippen molar-refractivity contribution in [3.05, 3.63) is 78.2 Å². The van der Waals surface area contributed by atoms with E-state index >= 15 is 0 Å². The number of hydrogen-bond donors (Lipinski definition) is 0. The molecule has 3 aromatic rings. The average molecular weight is 263 g/mol. The quantitative estimate of drug-likeness (QED) is 0.643. The first-order valence-electron chi connectivity index (χ1n) is 6.52. The number of rotatable bonds is 2. The van der Waals surface area contributed by atoms with Gasteiger partial charge < -0.3 is 0 Å². The van der Waals surface area contributed by atoms with E-state index in [1.165, 1.54) is 6.07 Å². The monoisotopic (exact) mass is 263 g/mol. The van der Waals surface area contributed by atoms with Crippen LogP contribution in [0.2, 0.25) is 0 Å². The van der Waals surface area contributed by atoms with Gasteiger partial charge in [-0.05, 0) is 18.6 Å². The Balaban J connectivity index is 2.02. The maximum Gasteiger partial charge on any atom is 0.150 e. The number of aryl methyl sites for hydroxylation is 1. The van der Waals surface area contributed by atoms with Crippen molar-refractivity contribution in [2.45, 2.75) is 6.92 Å². The van der Waals surface area contributed by atoms with Gasteiger partial charge in [-0.1, -0.05) is 60.2 Å². The van der Waals surface area contributed by atoms with E-state index in [1.807, 2.05) is 61.5 Å². The van der Waals surface area contributed by atoms with E-state index in [2.05, 4.69) is 4.98 Å². The molecule has 0 fully saturated rings. The minimum Gasteiger partial charge on any atom is -0.253 e. The van der Waals surface area contributed by atoms with Crippen molar-refractivity contribution in [1.29, 1.82) is 0 Å². The lowest BCUT2D eigenvalue weighted by molar-refractivity contribution is 0.626. The highest BCUT2D eigenvalue weighted by atomic mass is 19.1. The molecule has 0 aliphatic rings. The number of hydrogen-bond acceptors (Lipinski definition) is 1. The molecule has 0 saturated heterocycles. The Labute approximate surface area is 117 Å². The van der Waals surface area contributed by atoms with Gasteiger partial charge in [0.15, 0.2) is 0 Å². The molecule has 2 aromatic carbocycles. The molecule has 1 aromatic heterocycles. The van der Waals surface area contributed by atoms with Crippen molar-refractivity contribution in [2.75, 3.05) is 0 Å². The number of pyridine rings is 1. The van der Waals surface area contributed by atoms with Crippen molar-refractivity contribution in [3.63, 3.8) is 0 Å². The van der Waals surface area contributed by atoms with Crippen molar-refractivity contribution in [2.24, 2.45) is 0 Å². The fraction of sp³-hybridized carbons (Fsp3) is 0.0556. The lowest BCUT2D eigenvalue weighted by atomic mass is 10.0. The van der Waals surface area contributed by atoms with Gasteiger partial charge in [0.05, 0.1) is 0 Å². The Morgan fingerprint density at radius 2 is 1.50 bits per heavy atom. The summed E-state index contributed by atoms with van der Waals surface area (Å²) >= 11 is 0. The van der Waals surface area contributed by atoms with E-state index in [4.69, 9.17) is 0 Å². The van der Waals surface area contributed by atoms with E-state index < -0.39 is 0 Å². The summed E-state index contributed by atoms with van der Waals surface area (Å²) in [4.78, 5) is 4.28. The highest BCUT2D eigenvalue weighted by molar-refractivity contribution is 5.67. The van der Waals surface area contributed by atoms with E-state index in [0.717, 1.165) is 22.3 Å². The molecule has 0 atom stereocenters. The van der Waals surface area contributed by atoms with Crippen molar-refractivity contribution in [1.82, 2.24) is 4.98 Å². The van der Waals surface area contributed by atoms with Crippen LogP contribution in [-0.2, 0) is 0 Å². The largest absolute Gasteiger partial charge is 0.253 e. The lowest BCUT2D eigenvalue weighted by Gasteiger charge is -2.06. The molecule has 0 spiro atoms. The standard InChI is InChI=1S/C18H14FN/c1-13-7-9-15(10-8-13)18-17(19)11-16(12-20-18)14-5-3-2-4-6-14/h2-12H,1H3. The molecule has 0 unspecified atom stereocenters. The van der Waals surface area contributed by atoms with E-state index in [1.54, 1.807) is 6.20 Å². The Morgan fingerprint density at radius 1 is 0.800 bits per heavy atom. The second kappa shape index (κ2) is 5.25. The summed E-state index contributed by atoms with van der Waals surface area (Å²) in [6, 6.07) is 18.9. The predicted octanol–water partition coefficient (Wildman–Crippen LogP) is 4.86. The molecule has 0 aliphatic carbocycles.